The number of rotatable bonds is 8. The summed E-state index contributed by atoms with van der Waals surface area (Å²) in [6.07, 6.45) is 3.21. The molecule has 38 heavy (non-hydrogen) atoms. The van der Waals surface area contributed by atoms with E-state index in [0.717, 1.165) is 43.3 Å². The molecule has 0 spiro atoms. The zero-order valence-electron chi connectivity index (χ0n) is 19.6. The van der Waals surface area contributed by atoms with Gasteiger partial charge in [0.25, 0.3) is 15.9 Å². The van der Waals surface area contributed by atoms with Gasteiger partial charge in [-0.3, -0.25) is 14.6 Å². The summed E-state index contributed by atoms with van der Waals surface area (Å²) >= 11 is 5.85. The number of aromatic nitrogens is 3. The summed E-state index contributed by atoms with van der Waals surface area (Å²) in [5, 5.41) is 9.10. The Morgan fingerprint density at radius 1 is 1.18 bits per heavy atom. The molecule has 0 saturated heterocycles. The fourth-order valence-corrected chi connectivity index (χ4v) is 5.32. The van der Waals surface area contributed by atoms with E-state index in [0.29, 0.717) is 12.5 Å². The van der Waals surface area contributed by atoms with Gasteiger partial charge in [-0.05, 0) is 43.0 Å². The topological polar surface area (TPSA) is 126 Å². The average Bonchev–Trinajstić information content (AvgIpc) is 3.62. The van der Waals surface area contributed by atoms with Crippen LogP contribution in [0.1, 0.15) is 23.3 Å². The number of H-pyrrole nitrogens is 1. The number of halogens is 4. The van der Waals surface area contributed by atoms with Gasteiger partial charge in [-0.2, -0.15) is 5.10 Å². The number of methoxy groups -OCH3 is 1. The number of nitrogens with zero attached hydrogens (tertiary/aromatic N) is 2. The van der Waals surface area contributed by atoms with Gasteiger partial charge in [0.1, 0.15) is 11.3 Å². The molecule has 14 heteroatoms. The third-order valence-corrected chi connectivity index (χ3v) is 7.58. The Balaban J connectivity index is 1.52. The number of ether oxygens (including phenoxy) is 1. The fraction of sp³-hybridized carbons (Fsp3) is 0.208. The molecule has 4 aromatic rings. The minimum atomic E-state index is -4.51. The van der Waals surface area contributed by atoms with E-state index in [2.05, 4.69) is 20.5 Å². The van der Waals surface area contributed by atoms with Crippen molar-refractivity contribution in [3.8, 4) is 17.0 Å². The Labute approximate surface area is 219 Å². The molecule has 2 aromatic heterocycles. The first-order valence-corrected chi connectivity index (χ1v) is 13.1. The maximum atomic E-state index is 15.5. The van der Waals surface area contributed by atoms with E-state index in [1.807, 2.05) is 4.72 Å². The number of fused-ring (bicyclic) bond motifs is 1. The molecule has 1 aliphatic rings. The Morgan fingerprint density at radius 3 is 2.66 bits per heavy atom. The number of anilines is 1. The number of benzene rings is 2. The highest BCUT2D eigenvalue weighted by molar-refractivity contribution is 7.92. The highest BCUT2D eigenvalue weighted by atomic mass is 35.5. The monoisotopic (exact) mass is 565 g/mol. The molecule has 1 amide bonds. The lowest BCUT2D eigenvalue weighted by atomic mass is 10.0. The molecule has 0 atom stereocenters. The van der Waals surface area contributed by atoms with Crippen molar-refractivity contribution in [1.29, 1.82) is 0 Å². The maximum absolute atomic E-state index is 15.5. The summed E-state index contributed by atoms with van der Waals surface area (Å²) in [5.74, 6) is -3.99. The van der Waals surface area contributed by atoms with Crippen molar-refractivity contribution >= 4 is 44.1 Å². The molecule has 2 aromatic carbocycles. The van der Waals surface area contributed by atoms with Gasteiger partial charge in [0.05, 0.1) is 23.4 Å². The molecule has 2 heterocycles. The van der Waals surface area contributed by atoms with Crippen LogP contribution >= 0.6 is 11.6 Å². The van der Waals surface area contributed by atoms with Crippen LogP contribution in [0.25, 0.3) is 22.0 Å². The molecule has 1 fully saturated rings. The SMILES string of the molecule is COc1ncc(Cl)cc1S(=O)(=O)Nc1ccc(F)c(-c2ccc3c(C(=O)NCC4CC4)n[nH]c3c2F)c1F. The van der Waals surface area contributed by atoms with E-state index in [9.17, 15) is 17.6 Å². The summed E-state index contributed by atoms with van der Waals surface area (Å²) in [6.45, 7) is 0.476. The number of aromatic amines is 1. The predicted molar refractivity (Wildman–Crippen MR) is 133 cm³/mol. The lowest BCUT2D eigenvalue weighted by Crippen LogP contribution is -2.26. The van der Waals surface area contributed by atoms with Crippen molar-refractivity contribution in [3.05, 3.63) is 64.7 Å². The number of amides is 1. The minimum absolute atomic E-state index is 0.0260. The number of carbonyl (C=O) groups excluding carboxylic acids is 1. The average molecular weight is 566 g/mol. The number of hydrogen-bond donors (Lipinski definition) is 3. The number of hydrogen-bond acceptors (Lipinski definition) is 6. The maximum Gasteiger partial charge on any atom is 0.272 e. The van der Waals surface area contributed by atoms with E-state index in [1.54, 1.807) is 0 Å². The van der Waals surface area contributed by atoms with Crippen molar-refractivity contribution in [2.24, 2.45) is 5.92 Å². The minimum Gasteiger partial charge on any atom is -0.480 e. The van der Waals surface area contributed by atoms with Crippen molar-refractivity contribution in [1.82, 2.24) is 20.5 Å². The molecule has 0 unspecified atom stereocenters. The van der Waals surface area contributed by atoms with Gasteiger partial charge in [0, 0.05) is 23.7 Å². The molecular formula is C24H19ClF3N5O4S. The second-order valence-corrected chi connectivity index (χ2v) is 10.7. The van der Waals surface area contributed by atoms with Gasteiger partial charge >= 0.3 is 0 Å². The largest absolute Gasteiger partial charge is 0.480 e. The van der Waals surface area contributed by atoms with Gasteiger partial charge in [0.2, 0.25) is 5.88 Å². The summed E-state index contributed by atoms with van der Waals surface area (Å²) in [5.41, 5.74) is -2.29. The highest BCUT2D eigenvalue weighted by Crippen LogP contribution is 2.36. The van der Waals surface area contributed by atoms with Gasteiger partial charge in [-0.15, -0.1) is 0 Å². The Hall–Kier alpha value is -3.84. The molecule has 1 saturated carbocycles. The van der Waals surface area contributed by atoms with Crippen LogP contribution in [0, 0.1) is 23.4 Å². The van der Waals surface area contributed by atoms with E-state index < -0.39 is 55.1 Å². The Morgan fingerprint density at radius 2 is 1.95 bits per heavy atom. The van der Waals surface area contributed by atoms with E-state index in [4.69, 9.17) is 16.3 Å². The molecule has 0 aliphatic heterocycles. The zero-order valence-corrected chi connectivity index (χ0v) is 21.2. The Kier molecular flexibility index (Phi) is 6.65. The number of nitrogens with one attached hydrogen (secondary N) is 3. The van der Waals surface area contributed by atoms with Crippen LogP contribution in [-0.2, 0) is 10.0 Å². The zero-order chi connectivity index (χ0) is 27.2. The summed E-state index contributed by atoms with van der Waals surface area (Å²) in [6, 6.07) is 5.08. The molecule has 198 valence electrons. The molecule has 9 nitrogen and oxygen atoms in total. The van der Waals surface area contributed by atoms with Gasteiger partial charge in [-0.1, -0.05) is 17.7 Å². The normalized spacial score (nSPS) is 13.5. The standard InChI is InChI=1S/C24H19ClF3N5O4S/c1-37-24-17(8-12(25)10-30-24)38(35,36)33-16-7-6-15(26)18(20(16)28)13-4-5-14-21(19(13)27)31-32-22(14)23(34)29-9-11-2-3-11/h4-8,10-11,33H,2-3,9H2,1H3,(H,29,34)(H,31,32). The van der Waals surface area contributed by atoms with Crippen LogP contribution in [0.2, 0.25) is 5.02 Å². The van der Waals surface area contributed by atoms with E-state index in [1.165, 1.54) is 13.2 Å². The van der Waals surface area contributed by atoms with Gasteiger partial charge in [0.15, 0.2) is 22.2 Å². The lowest BCUT2D eigenvalue weighted by Gasteiger charge is -2.14. The first kappa shape index (κ1) is 25.8. The quantitative estimate of drug-likeness (QED) is 0.286. The second-order valence-electron chi connectivity index (χ2n) is 8.63. The number of pyridine rings is 1. The molecular weight excluding hydrogens is 547 g/mol. The first-order chi connectivity index (χ1) is 18.1. The summed E-state index contributed by atoms with van der Waals surface area (Å²) in [7, 11) is -3.33. The van der Waals surface area contributed by atoms with Crippen LogP contribution in [-0.4, -0.2) is 43.2 Å². The summed E-state index contributed by atoms with van der Waals surface area (Å²) in [4.78, 5) is 15.7. The lowest BCUT2D eigenvalue weighted by molar-refractivity contribution is 0.0948. The molecule has 3 N–H and O–H groups in total. The molecule has 1 aliphatic carbocycles. The summed E-state index contributed by atoms with van der Waals surface area (Å²) < 4.78 is 78.7. The third-order valence-electron chi connectivity index (χ3n) is 6.01. The van der Waals surface area contributed by atoms with Crippen molar-refractivity contribution in [3.63, 3.8) is 0 Å². The van der Waals surface area contributed by atoms with Crippen LogP contribution in [0.15, 0.2) is 41.4 Å². The molecule has 0 radical (unpaired) electrons. The number of carbonyl (C=O) groups is 1. The van der Waals surface area contributed by atoms with Crippen molar-refractivity contribution in [2.75, 3.05) is 18.4 Å². The second kappa shape index (κ2) is 9.80. The van der Waals surface area contributed by atoms with Gasteiger partial charge in [-0.25, -0.2) is 26.6 Å². The first-order valence-electron chi connectivity index (χ1n) is 11.3. The van der Waals surface area contributed by atoms with Crippen LogP contribution in [0.5, 0.6) is 5.88 Å². The van der Waals surface area contributed by atoms with Crippen molar-refractivity contribution in [2.45, 2.75) is 17.7 Å². The third kappa shape index (κ3) is 4.74. The fourth-order valence-electron chi connectivity index (χ4n) is 3.90. The van der Waals surface area contributed by atoms with Crippen LogP contribution < -0.4 is 14.8 Å². The smallest absolute Gasteiger partial charge is 0.272 e. The molecule has 5 rings (SSSR count). The number of sulfonamides is 1. The molecule has 0 bridgehead atoms. The Bertz CT molecular complexity index is 1690. The van der Waals surface area contributed by atoms with Crippen molar-refractivity contribution < 1.29 is 31.1 Å². The van der Waals surface area contributed by atoms with Crippen LogP contribution in [0.3, 0.4) is 0 Å². The van der Waals surface area contributed by atoms with E-state index in [-0.39, 0.29) is 27.5 Å². The van der Waals surface area contributed by atoms with Gasteiger partial charge < -0.3 is 10.1 Å². The highest BCUT2D eigenvalue weighted by Gasteiger charge is 2.28. The van der Waals surface area contributed by atoms with Crippen LogP contribution in [0.4, 0.5) is 18.9 Å². The predicted octanol–water partition coefficient (Wildman–Crippen LogP) is 4.64. The van der Waals surface area contributed by atoms with E-state index >= 15 is 8.78 Å².